The first-order valence-electron chi connectivity index (χ1n) is 6.81. The fourth-order valence-corrected chi connectivity index (χ4v) is 2.11. The number of hydrogen-bond donors (Lipinski definition) is 0. The number of hydrogen-bond acceptors (Lipinski definition) is 1. The molecule has 0 fully saturated rings. The Morgan fingerprint density at radius 2 is 1.57 bits per heavy atom. The summed E-state index contributed by atoms with van der Waals surface area (Å²) in [6.45, 7) is 2.08. The molecule has 0 bridgehead atoms. The van der Waals surface area contributed by atoms with Crippen molar-refractivity contribution in [2.45, 2.75) is 26.2 Å². The van der Waals surface area contributed by atoms with Crippen LogP contribution in [0, 0.1) is 17.5 Å². The van der Waals surface area contributed by atoms with Crippen LogP contribution in [-0.2, 0) is 6.42 Å². The highest BCUT2D eigenvalue weighted by molar-refractivity contribution is 6.09. The normalized spacial score (nSPS) is 10.7. The molecule has 0 aliphatic heterocycles. The lowest BCUT2D eigenvalue weighted by atomic mass is 9.99. The highest BCUT2D eigenvalue weighted by Crippen LogP contribution is 2.19. The monoisotopic (exact) mass is 292 g/mol. The summed E-state index contributed by atoms with van der Waals surface area (Å²) in [4.78, 5) is 12.1. The Morgan fingerprint density at radius 1 is 1.00 bits per heavy atom. The molecule has 2 aromatic carbocycles. The van der Waals surface area contributed by atoms with E-state index in [1.54, 1.807) is 12.1 Å². The zero-order chi connectivity index (χ0) is 15.4. The van der Waals surface area contributed by atoms with Gasteiger partial charge in [-0.2, -0.15) is 0 Å². The van der Waals surface area contributed by atoms with Crippen LogP contribution in [0.1, 0.15) is 41.3 Å². The molecular formula is C17H15F3O. The third kappa shape index (κ3) is 3.51. The predicted octanol–water partition coefficient (Wildman–Crippen LogP) is 4.68. The molecule has 1 nitrogen and oxygen atoms in total. The Kier molecular flexibility index (Phi) is 4.78. The average molecular weight is 292 g/mol. The topological polar surface area (TPSA) is 17.1 Å². The van der Waals surface area contributed by atoms with Gasteiger partial charge in [0.1, 0.15) is 17.5 Å². The van der Waals surface area contributed by atoms with Crippen molar-refractivity contribution in [2.75, 3.05) is 0 Å². The molecule has 0 N–H and O–H groups in total. The molecule has 0 radical (unpaired) electrons. The van der Waals surface area contributed by atoms with Crippen molar-refractivity contribution in [2.24, 2.45) is 0 Å². The molecule has 21 heavy (non-hydrogen) atoms. The Labute approximate surface area is 121 Å². The van der Waals surface area contributed by atoms with Gasteiger partial charge in [0.2, 0.25) is 0 Å². The first-order chi connectivity index (χ1) is 10.0. The summed E-state index contributed by atoms with van der Waals surface area (Å²) in [6, 6.07) is 7.62. The maximum Gasteiger partial charge on any atom is 0.198 e. The van der Waals surface area contributed by atoms with E-state index in [-0.39, 0.29) is 5.56 Å². The Balaban J connectivity index is 2.28. The van der Waals surface area contributed by atoms with Crippen LogP contribution < -0.4 is 0 Å². The zero-order valence-corrected chi connectivity index (χ0v) is 11.6. The van der Waals surface area contributed by atoms with Gasteiger partial charge in [-0.3, -0.25) is 4.79 Å². The van der Waals surface area contributed by atoms with Crippen molar-refractivity contribution in [3.63, 3.8) is 0 Å². The first-order valence-corrected chi connectivity index (χ1v) is 6.81. The number of rotatable bonds is 5. The van der Waals surface area contributed by atoms with E-state index in [2.05, 4.69) is 6.92 Å². The largest absolute Gasteiger partial charge is 0.288 e. The summed E-state index contributed by atoms with van der Waals surface area (Å²) in [6.07, 6.45) is 2.99. The number of aryl methyl sites for hydroxylation is 1. The molecule has 2 aromatic rings. The van der Waals surface area contributed by atoms with E-state index < -0.39 is 28.8 Å². The minimum absolute atomic E-state index is 0.180. The van der Waals surface area contributed by atoms with Crippen LogP contribution in [0.2, 0.25) is 0 Å². The molecule has 0 saturated carbocycles. The van der Waals surface area contributed by atoms with Crippen LogP contribution in [0.3, 0.4) is 0 Å². The first kappa shape index (κ1) is 15.3. The second-order valence-electron chi connectivity index (χ2n) is 4.87. The molecule has 0 unspecified atom stereocenters. The van der Waals surface area contributed by atoms with Gasteiger partial charge in [-0.05, 0) is 18.4 Å². The molecule has 0 spiro atoms. The van der Waals surface area contributed by atoms with Crippen molar-refractivity contribution < 1.29 is 18.0 Å². The van der Waals surface area contributed by atoms with Crippen molar-refractivity contribution in [3.8, 4) is 0 Å². The van der Waals surface area contributed by atoms with Gasteiger partial charge < -0.3 is 0 Å². The lowest BCUT2D eigenvalue weighted by Gasteiger charge is -2.06. The maximum atomic E-state index is 13.6. The quantitative estimate of drug-likeness (QED) is 0.731. The molecule has 0 saturated heterocycles. The number of carbonyl (C=O) groups is 1. The Bertz CT molecular complexity index is 625. The predicted molar refractivity (Wildman–Crippen MR) is 74.8 cm³/mol. The van der Waals surface area contributed by atoms with E-state index >= 15 is 0 Å². The van der Waals surface area contributed by atoms with Crippen LogP contribution >= 0.6 is 0 Å². The number of halogens is 3. The van der Waals surface area contributed by atoms with Gasteiger partial charge in [-0.25, -0.2) is 13.2 Å². The number of benzene rings is 2. The second-order valence-corrected chi connectivity index (χ2v) is 4.87. The van der Waals surface area contributed by atoms with Crippen molar-refractivity contribution >= 4 is 5.78 Å². The SMILES string of the molecule is CCCCc1ccc(C(=O)c2c(F)cc(F)cc2F)cc1. The number of unbranched alkanes of at least 4 members (excludes halogenated alkanes) is 1. The summed E-state index contributed by atoms with van der Waals surface area (Å²) in [5.41, 5.74) is 0.519. The molecule has 110 valence electrons. The molecule has 0 aromatic heterocycles. The van der Waals surface area contributed by atoms with Crippen LogP contribution in [0.15, 0.2) is 36.4 Å². The van der Waals surface area contributed by atoms with Crippen molar-refractivity contribution in [1.82, 2.24) is 0 Å². The van der Waals surface area contributed by atoms with E-state index in [4.69, 9.17) is 0 Å². The third-order valence-electron chi connectivity index (χ3n) is 3.27. The molecule has 0 atom stereocenters. The summed E-state index contributed by atoms with van der Waals surface area (Å²) >= 11 is 0. The van der Waals surface area contributed by atoms with Gasteiger partial charge in [0.25, 0.3) is 0 Å². The van der Waals surface area contributed by atoms with E-state index in [1.807, 2.05) is 0 Å². The minimum atomic E-state index is -1.19. The lowest BCUT2D eigenvalue weighted by Crippen LogP contribution is -2.08. The molecular weight excluding hydrogens is 277 g/mol. The lowest BCUT2D eigenvalue weighted by molar-refractivity contribution is 0.103. The van der Waals surface area contributed by atoms with Gasteiger partial charge in [0.05, 0.1) is 5.56 Å². The molecule has 2 rings (SSSR count). The Morgan fingerprint density at radius 3 is 2.10 bits per heavy atom. The van der Waals surface area contributed by atoms with Crippen molar-refractivity contribution in [1.29, 1.82) is 0 Å². The fraction of sp³-hybridized carbons (Fsp3) is 0.235. The van der Waals surface area contributed by atoms with Gasteiger partial charge in [0.15, 0.2) is 5.78 Å². The molecule has 0 aliphatic rings. The van der Waals surface area contributed by atoms with Crippen molar-refractivity contribution in [3.05, 3.63) is 70.5 Å². The zero-order valence-electron chi connectivity index (χ0n) is 11.6. The number of carbonyl (C=O) groups excluding carboxylic acids is 1. The highest BCUT2D eigenvalue weighted by atomic mass is 19.1. The van der Waals surface area contributed by atoms with Crippen LogP contribution in [0.4, 0.5) is 13.2 Å². The summed E-state index contributed by atoms with van der Waals surface area (Å²) < 4.78 is 40.0. The Hall–Kier alpha value is -2.10. The smallest absolute Gasteiger partial charge is 0.198 e. The molecule has 4 heteroatoms. The summed E-state index contributed by atoms with van der Waals surface area (Å²) in [5.74, 6) is -4.20. The van der Waals surface area contributed by atoms with Gasteiger partial charge in [-0.1, -0.05) is 37.6 Å². The minimum Gasteiger partial charge on any atom is -0.288 e. The van der Waals surface area contributed by atoms with Crippen LogP contribution in [-0.4, -0.2) is 5.78 Å². The van der Waals surface area contributed by atoms with Gasteiger partial charge in [0, 0.05) is 17.7 Å². The fourth-order valence-electron chi connectivity index (χ4n) is 2.11. The van der Waals surface area contributed by atoms with Crippen LogP contribution in [0.25, 0.3) is 0 Å². The standard InChI is InChI=1S/C17H15F3O/c1-2-3-4-11-5-7-12(8-6-11)17(21)16-14(19)9-13(18)10-15(16)20/h5-10H,2-4H2,1H3. The van der Waals surface area contributed by atoms with Gasteiger partial charge in [-0.15, -0.1) is 0 Å². The van der Waals surface area contributed by atoms with E-state index in [0.29, 0.717) is 12.1 Å². The van der Waals surface area contributed by atoms with E-state index in [1.165, 1.54) is 12.1 Å². The van der Waals surface area contributed by atoms with Crippen LogP contribution in [0.5, 0.6) is 0 Å². The van der Waals surface area contributed by atoms with E-state index in [9.17, 15) is 18.0 Å². The number of ketones is 1. The summed E-state index contributed by atoms with van der Waals surface area (Å²) in [7, 11) is 0. The van der Waals surface area contributed by atoms with Gasteiger partial charge >= 0.3 is 0 Å². The molecule has 0 heterocycles. The molecule has 0 amide bonds. The highest BCUT2D eigenvalue weighted by Gasteiger charge is 2.20. The third-order valence-corrected chi connectivity index (χ3v) is 3.27. The van der Waals surface area contributed by atoms with E-state index in [0.717, 1.165) is 24.8 Å². The molecule has 0 aliphatic carbocycles. The maximum absolute atomic E-state index is 13.6. The average Bonchev–Trinajstić information content (AvgIpc) is 2.44. The second kappa shape index (κ2) is 6.57. The summed E-state index contributed by atoms with van der Waals surface area (Å²) in [5, 5.41) is 0.